The van der Waals surface area contributed by atoms with E-state index >= 15 is 0 Å². The summed E-state index contributed by atoms with van der Waals surface area (Å²) in [5.41, 5.74) is 4.31. The summed E-state index contributed by atoms with van der Waals surface area (Å²) in [6, 6.07) is 5.34. The van der Waals surface area contributed by atoms with E-state index in [4.69, 9.17) is 4.99 Å². The van der Waals surface area contributed by atoms with Crippen molar-refractivity contribution in [2.45, 2.75) is 25.7 Å². The Morgan fingerprint density at radius 2 is 2.26 bits per heavy atom. The molecule has 5 nitrogen and oxygen atoms in total. The number of benzene rings is 1. The Balaban J connectivity index is 1.55. The molecule has 0 bridgehead atoms. The Hall–Kier alpha value is -3.15. The zero-order valence-corrected chi connectivity index (χ0v) is 15.0. The SMILES string of the molecule is C=C(O)[CH+]C1=C2N=C(CCNC(=O)Nc3cccc(F)c3)[CH+]C=C2CCC1. The molecule has 138 valence electrons. The van der Waals surface area contributed by atoms with Gasteiger partial charge in [0.25, 0.3) is 0 Å². The van der Waals surface area contributed by atoms with Gasteiger partial charge in [0.1, 0.15) is 23.2 Å². The van der Waals surface area contributed by atoms with Crippen LogP contribution in [-0.2, 0) is 0 Å². The van der Waals surface area contributed by atoms with Crippen molar-refractivity contribution in [3.05, 3.63) is 78.2 Å². The molecule has 1 aromatic carbocycles. The lowest BCUT2D eigenvalue weighted by Crippen LogP contribution is -2.30. The molecule has 0 aromatic heterocycles. The number of nitrogens with one attached hydrogen (secondary N) is 2. The molecule has 2 amide bonds. The number of hydrogen-bond donors (Lipinski definition) is 3. The van der Waals surface area contributed by atoms with E-state index in [9.17, 15) is 14.3 Å². The van der Waals surface area contributed by atoms with Crippen LogP contribution in [0.5, 0.6) is 0 Å². The number of carbonyl (C=O) groups excluding carboxylic acids is 1. The smallest absolute Gasteiger partial charge is 0.319 e. The third-order valence-corrected chi connectivity index (χ3v) is 4.32. The number of aliphatic hydroxyl groups excluding tert-OH is 1. The predicted octanol–water partition coefficient (Wildman–Crippen LogP) is 4.64. The number of anilines is 1. The van der Waals surface area contributed by atoms with Crippen LogP contribution < -0.4 is 10.6 Å². The Kier molecular flexibility index (Phi) is 5.86. The average molecular weight is 367 g/mol. The molecule has 1 heterocycles. The summed E-state index contributed by atoms with van der Waals surface area (Å²) in [5.74, 6) is -0.374. The molecule has 0 spiro atoms. The van der Waals surface area contributed by atoms with Crippen LogP contribution in [0.1, 0.15) is 25.7 Å². The molecule has 0 saturated carbocycles. The summed E-state index contributed by atoms with van der Waals surface area (Å²) in [4.78, 5) is 16.6. The number of halogens is 1. The zero-order chi connectivity index (χ0) is 19.2. The van der Waals surface area contributed by atoms with Crippen molar-refractivity contribution < 1.29 is 14.3 Å². The van der Waals surface area contributed by atoms with Gasteiger partial charge < -0.3 is 15.7 Å². The molecule has 0 saturated heterocycles. The Morgan fingerprint density at radius 3 is 3.04 bits per heavy atom. The number of hydrogen-bond acceptors (Lipinski definition) is 3. The molecule has 3 rings (SSSR count). The minimum absolute atomic E-state index is 0.0285. The minimum Gasteiger partial charge on any atom is -0.488 e. The topological polar surface area (TPSA) is 73.7 Å². The molecule has 0 atom stereocenters. The second kappa shape index (κ2) is 8.49. The molecular weight excluding hydrogens is 345 g/mol. The van der Waals surface area contributed by atoms with E-state index in [1.54, 1.807) is 12.5 Å². The number of fused-ring (bicyclic) bond motifs is 1. The van der Waals surface area contributed by atoms with Crippen LogP contribution in [0.15, 0.2) is 64.5 Å². The van der Waals surface area contributed by atoms with Gasteiger partial charge in [-0.1, -0.05) is 6.07 Å². The Morgan fingerprint density at radius 1 is 1.41 bits per heavy atom. The Labute approximate surface area is 158 Å². The van der Waals surface area contributed by atoms with Gasteiger partial charge >= 0.3 is 6.03 Å². The number of dihydropyridines is 1. The maximum absolute atomic E-state index is 13.1. The van der Waals surface area contributed by atoms with Crippen LogP contribution in [-0.4, -0.2) is 23.4 Å². The number of aliphatic imine (C=N–C) groups is 1. The van der Waals surface area contributed by atoms with Gasteiger partial charge in [-0.15, -0.1) is 4.99 Å². The fourth-order valence-electron chi connectivity index (χ4n) is 3.12. The molecule has 1 aromatic rings. The zero-order valence-electron chi connectivity index (χ0n) is 15.0. The largest absolute Gasteiger partial charge is 0.488 e. The highest BCUT2D eigenvalue weighted by molar-refractivity contribution is 5.97. The van der Waals surface area contributed by atoms with Gasteiger partial charge in [0.05, 0.1) is 19.3 Å². The first-order valence-corrected chi connectivity index (χ1v) is 8.89. The monoisotopic (exact) mass is 367 g/mol. The van der Waals surface area contributed by atoms with Crippen molar-refractivity contribution in [1.29, 1.82) is 0 Å². The number of urea groups is 1. The number of rotatable bonds is 6. The maximum Gasteiger partial charge on any atom is 0.319 e. The van der Waals surface area contributed by atoms with Gasteiger partial charge in [-0.2, -0.15) is 0 Å². The van der Waals surface area contributed by atoms with Gasteiger partial charge in [-0.3, -0.25) is 0 Å². The number of nitrogens with zero attached hydrogens (tertiary/aromatic N) is 1. The summed E-state index contributed by atoms with van der Waals surface area (Å²) < 4.78 is 13.1. The third-order valence-electron chi connectivity index (χ3n) is 4.32. The van der Waals surface area contributed by atoms with E-state index in [-0.39, 0.29) is 5.76 Å². The van der Waals surface area contributed by atoms with Crippen molar-refractivity contribution in [1.82, 2.24) is 5.32 Å². The summed E-state index contributed by atoms with van der Waals surface area (Å²) in [6.45, 7) is 3.93. The molecule has 3 N–H and O–H groups in total. The molecule has 0 unspecified atom stereocenters. The number of aliphatic hydroxyl groups is 1. The van der Waals surface area contributed by atoms with Crippen LogP contribution in [0.25, 0.3) is 0 Å². The highest BCUT2D eigenvalue weighted by Crippen LogP contribution is 2.35. The fraction of sp³-hybridized carbons (Fsp3) is 0.238. The molecular formula is C21H22FN3O2+2. The average Bonchev–Trinajstić information content (AvgIpc) is 2.62. The molecule has 1 aliphatic carbocycles. The quantitative estimate of drug-likeness (QED) is 0.506. The first kappa shape index (κ1) is 18.6. The van der Waals surface area contributed by atoms with Crippen LogP contribution in [0.3, 0.4) is 0 Å². The van der Waals surface area contributed by atoms with Crippen LogP contribution in [0.2, 0.25) is 0 Å². The molecule has 6 heteroatoms. The standard InChI is InChI=1S/C21H20FN3O2/c1-14(26)12-16-5-2-4-15-8-9-18(24-20(15)16)10-11-23-21(27)25-19-7-3-6-17(22)13-19/h3,6-9,12-13H,1-2,4-5,10-11H2,(H-2,23,25,26,27)/p+2. The molecule has 2 aliphatic rings. The molecule has 27 heavy (non-hydrogen) atoms. The number of carbonyl (C=O) groups is 1. The van der Waals surface area contributed by atoms with E-state index in [0.29, 0.717) is 18.7 Å². The van der Waals surface area contributed by atoms with Crippen molar-refractivity contribution >= 4 is 17.4 Å². The second-order valence-corrected chi connectivity index (χ2v) is 6.47. The lowest BCUT2D eigenvalue weighted by Gasteiger charge is -2.13. The lowest BCUT2D eigenvalue weighted by molar-refractivity contribution is 0.252. The van der Waals surface area contributed by atoms with Crippen molar-refractivity contribution in [2.24, 2.45) is 4.99 Å². The number of amides is 2. The number of allylic oxidation sites excluding steroid dienone is 3. The fourth-order valence-corrected chi connectivity index (χ4v) is 3.12. The summed E-state index contributed by atoms with van der Waals surface area (Å²) in [6.07, 6.45) is 9.09. The summed E-state index contributed by atoms with van der Waals surface area (Å²) in [5, 5.41) is 14.8. The minimum atomic E-state index is -0.402. The third kappa shape index (κ3) is 5.17. The van der Waals surface area contributed by atoms with Gasteiger partial charge in [-0.25, -0.2) is 9.18 Å². The normalized spacial score (nSPS) is 15.7. The van der Waals surface area contributed by atoms with E-state index in [2.05, 4.69) is 23.3 Å². The van der Waals surface area contributed by atoms with Crippen molar-refractivity contribution in [2.75, 3.05) is 11.9 Å². The van der Waals surface area contributed by atoms with Crippen molar-refractivity contribution in [3.8, 4) is 0 Å². The van der Waals surface area contributed by atoms with Crippen LogP contribution in [0.4, 0.5) is 14.9 Å². The van der Waals surface area contributed by atoms with Gasteiger partial charge in [-0.05, 0) is 24.6 Å². The van der Waals surface area contributed by atoms with Crippen LogP contribution in [0, 0.1) is 18.7 Å². The van der Waals surface area contributed by atoms with Gasteiger partial charge in [0.2, 0.25) is 11.5 Å². The first-order valence-electron chi connectivity index (χ1n) is 8.89. The van der Waals surface area contributed by atoms with Crippen molar-refractivity contribution in [3.63, 3.8) is 0 Å². The van der Waals surface area contributed by atoms with E-state index in [1.165, 1.54) is 18.2 Å². The van der Waals surface area contributed by atoms with Gasteiger partial charge in [0.15, 0.2) is 5.57 Å². The van der Waals surface area contributed by atoms with E-state index < -0.39 is 11.8 Å². The highest BCUT2D eigenvalue weighted by Gasteiger charge is 2.33. The molecule has 1 aliphatic heterocycles. The highest BCUT2D eigenvalue weighted by atomic mass is 19.1. The second-order valence-electron chi connectivity index (χ2n) is 6.47. The summed E-state index contributed by atoms with van der Waals surface area (Å²) >= 11 is 0. The predicted molar refractivity (Wildman–Crippen MR) is 105 cm³/mol. The Bertz CT molecular complexity index is 840. The maximum atomic E-state index is 13.1. The van der Waals surface area contributed by atoms with E-state index in [1.807, 2.05) is 6.42 Å². The first-order chi connectivity index (χ1) is 13.0. The van der Waals surface area contributed by atoms with E-state index in [0.717, 1.165) is 41.8 Å². The van der Waals surface area contributed by atoms with Gasteiger partial charge in [0, 0.05) is 31.7 Å². The molecule has 0 fully saturated rings. The summed E-state index contributed by atoms with van der Waals surface area (Å²) in [7, 11) is 0. The molecule has 0 radical (unpaired) electrons. The lowest BCUT2D eigenvalue weighted by atomic mass is 9.87. The van der Waals surface area contributed by atoms with Crippen LogP contribution >= 0.6 is 0 Å².